The number of urea groups is 1. The Bertz CT molecular complexity index is 1780. The maximum absolute atomic E-state index is 13.0. The molecule has 44 heavy (non-hydrogen) atoms. The lowest BCUT2D eigenvalue weighted by Gasteiger charge is -2.20. The number of hydrogen-bond acceptors (Lipinski definition) is 6. The largest absolute Gasteiger partial charge is 0.573 e. The molecule has 1 unspecified atom stereocenters. The summed E-state index contributed by atoms with van der Waals surface area (Å²) in [7, 11) is 0. The maximum Gasteiger partial charge on any atom is 0.573 e. The third-order valence-electron chi connectivity index (χ3n) is 7.71. The fourth-order valence-electron chi connectivity index (χ4n) is 5.59. The molecule has 1 saturated heterocycles. The van der Waals surface area contributed by atoms with Crippen LogP contribution in [0, 0.1) is 0 Å². The summed E-state index contributed by atoms with van der Waals surface area (Å²) in [6, 6.07) is 18.4. The van der Waals surface area contributed by atoms with Crippen LogP contribution in [0.15, 0.2) is 78.0 Å². The van der Waals surface area contributed by atoms with Crippen molar-refractivity contribution in [3.63, 3.8) is 0 Å². The molecule has 1 N–H and O–H groups in total. The Kier molecular flexibility index (Phi) is 7.11. The molecule has 1 atom stereocenters. The second-order valence-electron chi connectivity index (χ2n) is 10.8. The van der Waals surface area contributed by atoms with Gasteiger partial charge in [-0.2, -0.15) is 4.99 Å². The second kappa shape index (κ2) is 11.1. The number of rotatable bonds is 6. The first kappa shape index (κ1) is 28.1. The molecular formula is C31H25F3N6O3S. The van der Waals surface area contributed by atoms with E-state index in [-0.39, 0.29) is 23.5 Å². The van der Waals surface area contributed by atoms with Gasteiger partial charge in [-0.25, -0.2) is 14.5 Å². The van der Waals surface area contributed by atoms with E-state index in [1.165, 1.54) is 47.0 Å². The summed E-state index contributed by atoms with van der Waals surface area (Å²) < 4.78 is 42.7. The highest BCUT2D eigenvalue weighted by Crippen LogP contribution is 2.45. The van der Waals surface area contributed by atoms with Crippen molar-refractivity contribution in [2.24, 2.45) is 4.99 Å². The predicted molar refractivity (Wildman–Crippen MR) is 159 cm³/mol. The number of amides is 3. The van der Waals surface area contributed by atoms with E-state index < -0.39 is 12.4 Å². The van der Waals surface area contributed by atoms with Gasteiger partial charge in [-0.3, -0.25) is 9.69 Å². The number of hydrogen-bond donors (Lipinski definition) is 1. The molecule has 2 fully saturated rings. The quantitative estimate of drug-likeness (QED) is 0.284. The first-order valence-corrected chi connectivity index (χ1v) is 15.0. The summed E-state index contributed by atoms with van der Waals surface area (Å²) in [5.41, 5.74) is 5.37. The normalized spacial score (nSPS) is 19.0. The average molecular weight is 619 g/mol. The van der Waals surface area contributed by atoms with Crippen LogP contribution in [0.4, 0.5) is 23.7 Å². The zero-order chi connectivity index (χ0) is 30.4. The van der Waals surface area contributed by atoms with Crippen molar-refractivity contribution in [2.75, 3.05) is 10.7 Å². The first-order valence-electron chi connectivity index (χ1n) is 14.0. The topological polar surface area (TPSA) is 102 Å². The Morgan fingerprint density at radius 3 is 2.57 bits per heavy atom. The number of thioether (sulfide) groups is 1. The number of amidine groups is 1. The third kappa shape index (κ3) is 5.91. The molecule has 3 aliphatic rings. The van der Waals surface area contributed by atoms with Crippen LogP contribution in [0.25, 0.3) is 17.1 Å². The Morgan fingerprint density at radius 2 is 1.80 bits per heavy atom. The van der Waals surface area contributed by atoms with Crippen molar-refractivity contribution in [3.8, 4) is 22.8 Å². The zero-order valence-electron chi connectivity index (χ0n) is 23.1. The maximum atomic E-state index is 13.0. The van der Waals surface area contributed by atoms with E-state index in [2.05, 4.69) is 25.1 Å². The van der Waals surface area contributed by atoms with Gasteiger partial charge < -0.3 is 10.1 Å². The van der Waals surface area contributed by atoms with Crippen molar-refractivity contribution in [2.45, 2.75) is 44.0 Å². The van der Waals surface area contributed by atoms with Crippen LogP contribution in [-0.4, -0.2) is 50.0 Å². The van der Waals surface area contributed by atoms with Crippen LogP contribution in [0.1, 0.15) is 35.4 Å². The fourth-order valence-corrected chi connectivity index (χ4v) is 6.44. The number of carbonyl (C=O) groups is 2. The van der Waals surface area contributed by atoms with E-state index in [9.17, 15) is 22.8 Å². The van der Waals surface area contributed by atoms with E-state index >= 15 is 0 Å². The molecule has 0 spiro atoms. The molecule has 13 heteroatoms. The first-order chi connectivity index (χ1) is 21.2. The summed E-state index contributed by atoms with van der Waals surface area (Å²) in [5.74, 6) is 0.735. The van der Waals surface area contributed by atoms with E-state index in [1.54, 1.807) is 4.90 Å². The van der Waals surface area contributed by atoms with Gasteiger partial charge in [0, 0.05) is 11.6 Å². The number of benzene rings is 3. The van der Waals surface area contributed by atoms with Crippen molar-refractivity contribution in [1.29, 1.82) is 0 Å². The molecule has 0 bridgehead atoms. The van der Waals surface area contributed by atoms with E-state index in [4.69, 9.17) is 0 Å². The number of aliphatic imine (C=N–C) groups is 1. The van der Waals surface area contributed by atoms with Gasteiger partial charge in [0.2, 0.25) is 5.91 Å². The van der Waals surface area contributed by atoms with Crippen molar-refractivity contribution in [3.05, 3.63) is 89.7 Å². The molecule has 0 radical (unpaired) electrons. The van der Waals surface area contributed by atoms with Crippen molar-refractivity contribution in [1.82, 2.24) is 20.1 Å². The number of alkyl halides is 3. The highest BCUT2D eigenvalue weighted by molar-refractivity contribution is 8.15. The van der Waals surface area contributed by atoms with Crippen molar-refractivity contribution < 1.29 is 27.5 Å². The van der Waals surface area contributed by atoms with Crippen LogP contribution < -0.4 is 15.0 Å². The van der Waals surface area contributed by atoms with Crippen LogP contribution >= 0.6 is 11.8 Å². The minimum atomic E-state index is -4.76. The van der Waals surface area contributed by atoms with E-state index in [1.807, 2.05) is 42.5 Å². The predicted octanol–water partition coefficient (Wildman–Crippen LogP) is 6.02. The van der Waals surface area contributed by atoms with Gasteiger partial charge >= 0.3 is 12.4 Å². The number of halogens is 3. The molecule has 1 aromatic heterocycles. The summed E-state index contributed by atoms with van der Waals surface area (Å²) >= 11 is 1.27. The van der Waals surface area contributed by atoms with Gasteiger partial charge in [-0.05, 0) is 84.7 Å². The fraction of sp³-hybridized carbons (Fsp3) is 0.258. The summed E-state index contributed by atoms with van der Waals surface area (Å²) in [6.45, 7) is 0. The Balaban J connectivity index is 1.01. The molecule has 1 aliphatic heterocycles. The van der Waals surface area contributed by atoms with Gasteiger partial charge in [0.05, 0.1) is 17.1 Å². The average Bonchev–Trinajstić information content (AvgIpc) is 3.40. The number of fused-ring (bicyclic) bond motifs is 1. The van der Waals surface area contributed by atoms with Gasteiger partial charge in [-0.1, -0.05) is 42.1 Å². The molecule has 3 amide bonds. The van der Waals surface area contributed by atoms with Crippen LogP contribution in [0.5, 0.6) is 5.75 Å². The molecule has 4 aromatic rings. The number of ether oxygens (including phenoxy) is 1. The zero-order valence-corrected chi connectivity index (χ0v) is 23.9. The third-order valence-corrected chi connectivity index (χ3v) is 8.63. The molecule has 2 aliphatic carbocycles. The summed E-state index contributed by atoms with van der Waals surface area (Å²) in [5, 5.41) is 7.88. The lowest BCUT2D eigenvalue weighted by molar-refractivity contribution is -0.274. The highest BCUT2D eigenvalue weighted by atomic mass is 32.2. The van der Waals surface area contributed by atoms with Crippen LogP contribution in [0.2, 0.25) is 0 Å². The Morgan fingerprint density at radius 1 is 1.02 bits per heavy atom. The summed E-state index contributed by atoms with van der Waals surface area (Å²) in [4.78, 5) is 36.0. The molecule has 9 nitrogen and oxygen atoms in total. The van der Waals surface area contributed by atoms with Gasteiger partial charge in [0.1, 0.15) is 12.1 Å². The monoisotopic (exact) mass is 618 g/mol. The van der Waals surface area contributed by atoms with E-state index in [0.29, 0.717) is 35.4 Å². The number of nitrogens with one attached hydrogen (secondary N) is 1. The number of nitrogens with zero attached hydrogens (tertiary/aromatic N) is 5. The highest BCUT2D eigenvalue weighted by Gasteiger charge is 2.36. The van der Waals surface area contributed by atoms with Gasteiger partial charge in [-0.15, -0.1) is 18.3 Å². The molecule has 1 saturated carbocycles. The molecule has 3 aromatic carbocycles. The molecule has 7 rings (SSSR count). The molecular weight excluding hydrogens is 593 g/mol. The van der Waals surface area contributed by atoms with E-state index in [0.717, 1.165) is 40.8 Å². The number of anilines is 1. The van der Waals surface area contributed by atoms with Crippen molar-refractivity contribution >= 4 is 34.6 Å². The lowest BCUT2D eigenvalue weighted by Crippen LogP contribution is -2.36. The Labute approximate surface area is 254 Å². The van der Waals surface area contributed by atoms with Gasteiger partial charge in [0.15, 0.2) is 11.0 Å². The number of para-hydroxylation sites is 1. The number of aromatic nitrogens is 3. The lowest BCUT2D eigenvalue weighted by atomic mass is 10.1. The molecule has 224 valence electrons. The van der Waals surface area contributed by atoms with Crippen LogP contribution in [-0.2, 0) is 17.6 Å². The number of carbonyl (C=O) groups excluding carboxylic acids is 2. The SMILES string of the molecule is O=C(/N=C1\SCC(=O)N1c1ccccc1C1CC1)NC1Cc2ccc(-c3ncn(-c4ccc(OC(F)(F)F)cc4)n3)cc2C1. The Hall–Kier alpha value is -4.65. The molecule has 2 heterocycles. The smallest absolute Gasteiger partial charge is 0.406 e. The minimum absolute atomic E-state index is 0.0843. The second-order valence-corrected chi connectivity index (χ2v) is 11.8. The minimum Gasteiger partial charge on any atom is -0.406 e. The standard InChI is InChI=1S/C31H25F3N6O3S/c32-31(33,34)43-24-11-9-23(10-12-24)39-17-35-28(38-39)20-8-7-19-14-22(15-21(19)13-20)36-29(42)37-30-40(27(41)16-44-30)26-4-2-1-3-25(26)18-5-6-18/h1-4,7-13,17-18,22H,5-6,14-16H2,(H,36,42)/b37-30-. The van der Waals surface area contributed by atoms with Gasteiger partial charge in [0.25, 0.3) is 0 Å². The summed E-state index contributed by atoms with van der Waals surface area (Å²) in [6.07, 6.45) is 0.159. The van der Waals surface area contributed by atoms with Crippen LogP contribution in [0.3, 0.4) is 0 Å².